The molecule has 3 nitrogen and oxygen atoms in total. The minimum atomic E-state index is -0.820. The summed E-state index contributed by atoms with van der Waals surface area (Å²) < 4.78 is 0. The maximum absolute atomic E-state index is 10.7. The fraction of sp³-hybridized carbons (Fsp3) is 0.583. The van der Waals surface area contributed by atoms with Crippen molar-refractivity contribution in [3.8, 4) is 0 Å². The molecule has 16 heavy (non-hydrogen) atoms. The molecule has 0 radical (unpaired) electrons. The van der Waals surface area contributed by atoms with Gasteiger partial charge in [-0.2, -0.15) is 0 Å². The Labute approximate surface area is 99.7 Å². The molecule has 0 aliphatic carbocycles. The van der Waals surface area contributed by atoms with Crippen LogP contribution < -0.4 is 0 Å². The second-order valence-electron chi connectivity index (χ2n) is 4.90. The van der Waals surface area contributed by atoms with Crippen molar-refractivity contribution in [2.45, 2.75) is 39.7 Å². The van der Waals surface area contributed by atoms with Crippen molar-refractivity contribution in [1.29, 1.82) is 0 Å². The van der Waals surface area contributed by atoms with E-state index in [1.807, 2.05) is 32.9 Å². The molecule has 0 saturated heterocycles. The number of carboxylic acids is 1. The second-order valence-corrected chi connectivity index (χ2v) is 6.22. The van der Waals surface area contributed by atoms with E-state index in [4.69, 9.17) is 5.11 Å². The van der Waals surface area contributed by atoms with Crippen molar-refractivity contribution >= 4 is 17.3 Å². The summed E-state index contributed by atoms with van der Waals surface area (Å²) in [5.41, 5.74) is -0.386. The van der Waals surface area contributed by atoms with Crippen molar-refractivity contribution < 1.29 is 15.0 Å². The van der Waals surface area contributed by atoms with Crippen molar-refractivity contribution in [1.82, 2.24) is 0 Å². The first-order valence-corrected chi connectivity index (χ1v) is 6.08. The summed E-state index contributed by atoms with van der Waals surface area (Å²) in [5, 5.41) is 18.8. The standard InChI is InChI=1S/C12H18O3S/c1-8-4-5-10(16-8)9(13)6-12(2,3)7-11(14)15/h4-5,9,13H,6-7H2,1-3H3,(H,14,15). The van der Waals surface area contributed by atoms with Gasteiger partial charge in [0.15, 0.2) is 0 Å². The van der Waals surface area contributed by atoms with Crippen LogP contribution in [0, 0.1) is 12.3 Å². The maximum atomic E-state index is 10.7. The fourth-order valence-electron chi connectivity index (χ4n) is 1.74. The Hall–Kier alpha value is -0.870. The number of hydrogen-bond acceptors (Lipinski definition) is 3. The molecule has 0 bridgehead atoms. The summed E-state index contributed by atoms with van der Waals surface area (Å²) in [4.78, 5) is 12.7. The summed E-state index contributed by atoms with van der Waals surface area (Å²) in [5.74, 6) is -0.820. The van der Waals surface area contributed by atoms with Crippen molar-refractivity contribution in [3.05, 3.63) is 21.9 Å². The first-order chi connectivity index (χ1) is 7.30. The highest BCUT2D eigenvalue weighted by atomic mass is 32.1. The van der Waals surface area contributed by atoms with Crippen molar-refractivity contribution in [2.24, 2.45) is 5.41 Å². The molecule has 1 unspecified atom stereocenters. The van der Waals surface area contributed by atoms with E-state index < -0.39 is 12.1 Å². The number of carbonyl (C=O) groups is 1. The summed E-state index contributed by atoms with van der Waals surface area (Å²) in [6.07, 6.45) is -0.0127. The van der Waals surface area contributed by atoms with Gasteiger partial charge in [0, 0.05) is 9.75 Å². The van der Waals surface area contributed by atoms with E-state index in [1.165, 1.54) is 0 Å². The molecule has 0 aliphatic rings. The first-order valence-electron chi connectivity index (χ1n) is 5.26. The summed E-state index contributed by atoms with van der Waals surface area (Å²) in [6, 6.07) is 3.87. The molecular weight excluding hydrogens is 224 g/mol. The van der Waals surface area contributed by atoms with Crippen LogP contribution in [-0.4, -0.2) is 16.2 Å². The predicted octanol–water partition coefficient (Wildman–Crippen LogP) is 2.98. The Bertz CT molecular complexity index is 368. The van der Waals surface area contributed by atoms with E-state index in [0.29, 0.717) is 6.42 Å². The molecule has 90 valence electrons. The van der Waals surface area contributed by atoms with Crippen LogP contribution in [0.25, 0.3) is 0 Å². The van der Waals surface area contributed by atoms with Crippen molar-refractivity contribution in [2.75, 3.05) is 0 Å². The van der Waals surface area contributed by atoms with Gasteiger partial charge in [0.1, 0.15) is 0 Å². The fourth-order valence-corrected chi connectivity index (χ4v) is 2.60. The number of rotatable bonds is 5. The second kappa shape index (κ2) is 4.97. The highest BCUT2D eigenvalue weighted by Gasteiger charge is 2.26. The normalized spacial score (nSPS) is 13.8. The molecule has 0 amide bonds. The monoisotopic (exact) mass is 242 g/mol. The van der Waals surface area contributed by atoms with Crippen LogP contribution in [-0.2, 0) is 4.79 Å². The quantitative estimate of drug-likeness (QED) is 0.834. The van der Waals surface area contributed by atoms with Gasteiger partial charge in [0.25, 0.3) is 0 Å². The van der Waals surface area contributed by atoms with Crippen LogP contribution in [0.4, 0.5) is 0 Å². The topological polar surface area (TPSA) is 57.5 Å². The summed E-state index contributed by atoms with van der Waals surface area (Å²) >= 11 is 1.56. The predicted molar refractivity (Wildman–Crippen MR) is 64.7 cm³/mol. The van der Waals surface area contributed by atoms with Crippen LogP contribution in [0.5, 0.6) is 0 Å². The van der Waals surface area contributed by atoms with Gasteiger partial charge in [0.2, 0.25) is 0 Å². The number of aryl methyl sites for hydroxylation is 1. The van der Waals surface area contributed by atoms with Gasteiger partial charge in [-0.1, -0.05) is 13.8 Å². The van der Waals surface area contributed by atoms with Crippen LogP contribution >= 0.6 is 11.3 Å². The van der Waals surface area contributed by atoms with Gasteiger partial charge >= 0.3 is 5.97 Å². The third-order valence-electron chi connectivity index (χ3n) is 2.47. The molecule has 1 aromatic rings. The van der Waals surface area contributed by atoms with Gasteiger partial charge < -0.3 is 10.2 Å². The lowest BCUT2D eigenvalue weighted by atomic mass is 9.83. The Morgan fingerprint density at radius 2 is 2.12 bits per heavy atom. The highest BCUT2D eigenvalue weighted by molar-refractivity contribution is 7.12. The summed E-state index contributed by atoms with van der Waals surface area (Å²) in [7, 11) is 0. The van der Waals surface area contributed by atoms with E-state index in [9.17, 15) is 9.90 Å². The lowest BCUT2D eigenvalue weighted by Gasteiger charge is -2.25. The van der Waals surface area contributed by atoms with E-state index in [-0.39, 0.29) is 11.8 Å². The van der Waals surface area contributed by atoms with Crippen LogP contribution in [0.2, 0.25) is 0 Å². The third kappa shape index (κ3) is 3.94. The Kier molecular flexibility index (Phi) is 4.10. The average molecular weight is 242 g/mol. The number of aliphatic hydroxyl groups is 1. The molecule has 0 fully saturated rings. The zero-order chi connectivity index (χ0) is 12.3. The largest absolute Gasteiger partial charge is 0.481 e. The van der Waals surface area contributed by atoms with Gasteiger partial charge in [0.05, 0.1) is 12.5 Å². The molecule has 0 aromatic carbocycles. The average Bonchev–Trinajstić information content (AvgIpc) is 2.47. The lowest BCUT2D eigenvalue weighted by molar-refractivity contribution is -0.139. The Balaban J connectivity index is 2.63. The van der Waals surface area contributed by atoms with Crippen molar-refractivity contribution in [3.63, 3.8) is 0 Å². The first kappa shape index (κ1) is 13.2. The van der Waals surface area contributed by atoms with Gasteiger partial charge in [-0.3, -0.25) is 4.79 Å². The third-order valence-corrected chi connectivity index (χ3v) is 3.57. The molecule has 1 heterocycles. The Morgan fingerprint density at radius 3 is 2.56 bits per heavy atom. The number of aliphatic carboxylic acids is 1. The zero-order valence-electron chi connectivity index (χ0n) is 9.86. The minimum Gasteiger partial charge on any atom is -0.481 e. The number of hydrogen-bond donors (Lipinski definition) is 2. The van der Waals surface area contributed by atoms with Gasteiger partial charge in [-0.15, -0.1) is 11.3 Å². The van der Waals surface area contributed by atoms with Crippen LogP contribution in [0.3, 0.4) is 0 Å². The molecule has 1 aromatic heterocycles. The lowest BCUT2D eigenvalue weighted by Crippen LogP contribution is -2.19. The van der Waals surface area contributed by atoms with E-state index in [2.05, 4.69) is 0 Å². The van der Waals surface area contributed by atoms with Crippen LogP contribution in [0.1, 0.15) is 42.5 Å². The van der Waals surface area contributed by atoms with Crippen LogP contribution in [0.15, 0.2) is 12.1 Å². The molecule has 1 atom stereocenters. The van der Waals surface area contributed by atoms with Gasteiger partial charge in [-0.25, -0.2) is 0 Å². The van der Waals surface area contributed by atoms with E-state index in [0.717, 1.165) is 9.75 Å². The zero-order valence-corrected chi connectivity index (χ0v) is 10.7. The highest BCUT2D eigenvalue weighted by Crippen LogP contribution is 2.35. The molecule has 0 aliphatic heterocycles. The van der Waals surface area contributed by atoms with E-state index >= 15 is 0 Å². The smallest absolute Gasteiger partial charge is 0.303 e. The molecule has 2 N–H and O–H groups in total. The number of aliphatic hydroxyl groups excluding tert-OH is 1. The molecule has 0 saturated carbocycles. The summed E-state index contributed by atoms with van der Waals surface area (Å²) in [6.45, 7) is 5.72. The van der Waals surface area contributed by atoms with E-state index in [1.54, 1.807) is 11.3 Å². The number of carboxylic acid groups (broad SMARTS) is 1. The number of thiophene rings is 1. The molecular formula is C12H18O3S. The molecule has 0 spiro atoms. The molecule has 4 heteroatoms. The van der Waals surface area contributed by atoms with Gasteiger partial charge in [-0.05, 0) is 30.9 Å². The Morgan fingerprint density at radius 1 is 1.50 bits per heavy atom. The minimum absolute atomic E-state index is 0.0778. The SMILES string of the molecule is Cc1ccc(C(O)CC(C)(C)CC(=O)O)s1. The molecule has 1 rings (SSSR count). The maximum Gasteiger partial charge on any atom is 0.303 e.